The van der Waals surface area contributed by atoms with E-state index in [2.05, 4.69) is 35.5 Å². The molecular weight excluding hydrogens is 176 g/mol. The zero-order valence-corrected chi connectivity index (χ0v) is 8.61. The van der Waals surface area contributed by atoms with Crippen molar-refractivity contribution in [3.63, 3.8) is 0 Å². The third-order valence-electron chi connectivity index (χ3n) is 2.92. The van der Waals surface area contributed by atoms with Gasteiger partial charge in [0.05, 0.1) is 12.3 Å². The Morgan fingerprint density at radius 2 is 2.14 bits per heavy atom. The Hall–Kier alpha value is -0.800. The first-order valence-electron chi connectivity index (χ1n) is 5.29. The summed E-state index contributed by atoms with van der Waals surface area (Å²) < 4.78 is 0. The predicted octanol–water partition coefficient (Wildman–Crippen LogP) is 0.832. The Morgan fingerprint density at radius 1 is 1.43 bits per heavy atom. The van der Waals surface area contributed by atoms with Crippen LogP contribution in [-0.4, -0.2) is 35.4 Å². The fourth-order valence-corrected chi connectivity index (χ4v) is 1.95. The molecule has 2 rings (SSSR count). The van der Waals surface area contributed by atoms with Crippen molar-refractivity contribution in [2.24, 2.45) is 0 Å². The molecule has 0 aromatic rings. The van der Waals surface area contributed by atoms with E-state index in [1.54, 1.807) is 0 Å². The van der Waals surface area contributed by atoms with E-state index in [9.17, 15) is 5.11 Å². The summed E-state index contributed by atoms with van der Waals surface area (Å²) in [7, 11) is 0. The molecule has 3 nitrogen and oxygen atoms in total. The lowest BCUT2D eigenvalue weighted by Crippen LogP contribution is -2.48. The van der Waals surface area contributed by atoms with Gasteiger partial charge in [0.1, 0.15) is 0 Å². The van der Waals surface area contributed by atoms with Crippen LogP contribution < -0.4 is 5.32 Å². The minimum absolute atomic E-state index is 0.0869. The average Bonchev–Trinajstić information content (AvgIpc) is 2.21. The van der Waals surface area contributed by atoms with Gasteiger partial charge >= 0.3 is 0 Å². The number of aliphatic hydroxyl groups is 1. The number of hydrogen-bond acceptors (Lipinski definition) is 3. The van der Waals surface area contributed by atoms with Crippen molar-refractivity contribution in [3.8, 4) is 0 Å². The molecule has 14 heavy (non-hydrogen) atoms. The Labute approximate surface area is 85.1 Å². The molecule has 0 amide bonds. The summed E-state index contributed by atoms with van der Waals surface area (Å²) in [5.74, 6) is 0. The van der Waals surface area contributed by atoms with Crippen LogP contribution in [0.25, 0.3) is 0 Å². The van der Waals surface area contributed by atoms with Crippen LogP contribution in [0.3, 0.4) is 0 Å². The maximum absolute atomic E-state index is 9.39. The molecule has 1 fully saturated rings. The van der Waals surface area contributed by atoms with Crippen LogP contribution in [0.15, 0.2) is 23.9 Å². The van der Waals surface area contributed by atoms with Crippen molar-refractivity contribution in [1.82, 2.24) is 10.2 Å². The quantitative estimate of drug-likeness (QED) is 0.649. The smallest absolute Gasteiger partial charge is 0.0985 e. The standard InChI is InChI=1S/C11H18N2O/c1-9-2-3-11(12-8-9)13-6-4-10(14)5-7-13/h2-3,8,10-12,14H,4-7H2,1H3. The van der Waals surface area contributed by atoms with Gasteiger partial charge in [-0.15, -0.1) is 0 Å². The molecule has 78 valence electrons. The summed E-state index contributed by atoms with van der Waals surface area (Å²) in [6.07, 6.45) is 8.42. The van der Waals surface area contributed by atoms with Gasteiger partial charge in [-0.3, -0.25) is 4.90 Å². The third-order valence-corrected chi connectivity index (χ3v) is 2.92. The molecule has 0 aromatic heterocycles. The molecule has 1 saturated heterocycles. The molecule has 2 N–H and O–H groups in total. The second-order valence-corrected chi connectivity index (χ2v) is 4.13. The first-order valence-corrected chi connectivity index (χ1v) is 5.29. The number of rotatable bonds is 1. The molecule has 0 bridgehead atoms. The molecule has 2 heterocycles. The molecule has 1 atom stereocenters. The Bertz CT molecular complexity index is 252. The van der Waals surface area contributed by atoms with Gasteiger partial charge in [0, 0.05) is 19.3 Å². The molecule has 2 aliphatic rings. The Morgan fingerprint density at radius 3 is 2.71 bits per heavy atom. The van der Waals surface area contributed by atoms with Gasteiger partial charge in [-0.1, -0.05) is 6.08 Å². The van der Waals surface area contributed by atoms with Crippen LogP contribution >= 0.6 is 0 Å². The van der Waals surface area contributed by atoms with Gasteiger partial charge in [0.25, 0.3) is 0 Å². The van der Waals surface area contributed by atoms with E-state index >= 15 is 0 Å². The van der Waals surface area contributed by atoms with E-state index in [1.165, 1.54) is 5.57 Å². The molecular formula is C11H18N2O. The molecule has 0 spiro atoms. The van der Waals surface area contributed by atoms with Gasteiger partial charge in [-0.2, -0.15) is 0 Å². The van der Waals surface area contributed by atoms with Crippen molar-refractivity contribution in [2.75, 3.05) is 13.1 Å². The summed E-state index contributed by atoms with van der Waals surface area (Å²) in [6.45, 7) is 4.05. The molecule has 0 aliphatic carbocycles. The molecule has 0 saturated carbocycles. The lowest BCUT2D eigenvalue weighted by Gasteiger charge is -2.35. The van der Waals surface area contributed by atoms with Gasteiger partial charge in [-0.05, 0) is 31.4 Å². The van der Waals surface area contributed by atoms with Gasteiger partial charge in [0.15, 0.2) is 0 Å². The Balaban J connectivity index is 1.88. The van der Waals surface area contributed by atoms with Crippen LogP contribution in [0.4, 0.5) is 0 Å². The highest BCUT2D eigenvalue weighted by molar-refractivity contribution is 5.21. The molecule has 1 unspecified atom stereocenters. The van der Waals surface area contributed by atoms with Crippen molar-refractivity contribution in [2.45, 2.75) is 32.0 Å². The summed E-state index contributed by atoms with van der Waals surface area (Å²) in [5.41, 5.74) is 1.26. The van der Waals surface area contributed by atoms with Crippen molar-refractivity contribution < 1.29 is 5.11 Å². The summed E-state index contributed by atoms with van der Waals surface area (Å²) in [6, 6.07) is 0. The third kappa shape index (κ3) is 2.16. The monoisotopic (exact) mass is 194 g/mol. The average molecular weight is 194 g/mol. The number of hydrogen-bond donors (Lipinski definition) is 2. The van der Waals surface area contributed by atoms with E-state index in [4.69, 9.17) is 0 Å². The van der Waals surface area contributed by atoms with Crippen LogP contribution in [0, 0.1) is 0 Å². The number of allylic oxidation sites excluding steroid dienone is 2. The van der Waals surface area contributed by atoms with Crippen LogP contribution in [0.1, 0.15) is 19.8 Å². The normalized spacial score (nSPS) is 29.9. The van der Waals surface area contributed by atoms with E-state index in [0.29, 0.717) is 6.17 Å². The summed E-state index contributed by atoms with van der Waals surface area (Å²) in [4.78, 5) is 2.37. The van der Waals surface area contributed by atoms with Gasteiger partial charge < -0.3 is 10.4 Å². The Kier molecular flexibility index (Phi) is 2.89. The van der Waals surface area contributed by atoms with Crippen molar-refractivity contribution >= 4 is 0 Å². The maximum Gasteiger partial charge on any atom is 0.0985 e. The van der Waals surface area contributed by atoms with Crippen LogP contribution in [0.2, 0.25) is 0 Å². The number of dihydropyridines is 1. The number of nitrogens with zero attached hydrogens (tertiary/aromatic N) is 1. The highest BCUT2D eigenvalue weighted by Gasteiger charge is 2.22. The summed E-state index contributed by atoms with van der Waals surface area (Å²) in [5, 5.41) is 12.7. The van der Waals surface area contributed by atoms with E-state index in [0.717, 1.165) is 25.9 Å². The van der Waals surface area contributed by atoms with Crippen molar-refractivity contribution in [1.29, 1.82) is 0 Å². The minimum atomic E-state index is -0.0869. The molecule has 0 aromatic carbocycles. The number of aliphatic hydroxyl groups excluding tert-OH is 1. The lowest BCUT2D eigenvalue weighted by molar-refractivity contribution is 0.0661. The minimum Gasteiger partial charge on any atom is -0.393 e. The topological polar surface area (TPSA) is 35.5 Å². The number of piperidine rings is 1. The fourth-order valence-electron chi connectivity index (χ4n) is 1.95. The number of likely N-dealkylation sites (tertiary alicyclic amines) is 1. The fraction of sp³-hybridized carbons (Fsp3) is 0.636. The second-order valence-electron chi connectivity index (χ2n) is 4.13. The molecule has 0 radical (unpaired) electrons. The highest BCUT2D eigenvalue weighted by atomic mass is 16.3. The van der Waals surface area contributed by atoms with E-state index in [1.807, 2.05) is 0 Å². The van der Waals surface area contributed by atoms with E-state index < -0.39 is 0 Å². The zero-order chi connectivity index (χ0) is 9.97. The lowest BCUT2D eigenvalue weighted by atomic mass is 10.1. The molecule has 3 heteroatoms. The van der Waals surface area contributed by atoms with Gasteiger partial charge in [0.2, 0.25) is 0 Å². The van der Waals surface area contributed by atoms with Crippen LogP contribution in [-0.2, 0) is 0 Å². The number of nitrogens with one attached hydrogen (secondary N) is 1. The predicted molar refractivity (Wildman–Crippen MR) is 56.6 cm³/mol. The maximum atomic E-state index is 9.39. The largest absolute Gasteiger partial charge is 0.393 e. The van der Waals surface area contributed by atoms with Crippen LogP contribution in [0.5, 0.6) is 0 Å². The highest BCUT2D eigenvalue weighted by Crippen LogP contribution is 2.14. The van der Waals surface area contributed by atoms with Crippen molar-refractivity contribution in [3.05, 3.63) is 23.9 Å². The SMILES string of the molecule is CC1=CNC(N2CCC(O)CC2)C=C1. The summed E-state index contributed by atoms with van der Waals surface area (Å²) >= 11 is 0. The first-order chi connectivity index (χ1) is 6.75. The second kappa shape index (κ2) is 4.15. The molecule has 2 aliphatic heterocycles. The first kappa shape index (κ1) is 9.74. The van der Waals surface area contributed by atoms with E-state index in [-0.39, 0.29) is 6.10 Å². The zero-order valence-electron chi connectivity index (χ0n) is 8.61. The van der Waals surface area contributed by atoms with Gasteiger partial charge in [-0.25, -0.2) is 0 Å².